The first kappa shape index (κ1) is 28.6. The van der Waals surface area contributed by atoms with Gasteiger partial charge in [-0.25, -0.2) is 4.79 Å². The van der Waals surface area contributed by atoms with Gasteiger partial charge in [-0.15, -0.1) is 0 Å². The second-order valence-corrected chi connectivity index (χ2v) is 11.0. The van der Waals surface area contributed by atoms with Crippen molar-refractivity contribution in [2.24, 2.45) is 10.8 Å². The molecule has 1 aromatic carbocycles. The normalized spacial score (nSPS) is 13.9. The smallest absolute Gasteiger partial charge is 0.328 e. The van der Waals surface area contributed by atoms with Crippen LogP contribution in [0.2, 0.25) is 0 Å². The molecule has 0 spiro atoms. The van der Waals surface area contributed by atoms with E-state index in [0.717, 1.165) is 18.4 Å². The van der Waals surface area contributed by atoms with E-state index in [-0.39, 0.29) is 23.7 Å². The zero-order valence-corrected chi connectivity index (χ0v) is 21.3. The lowest BCUT2D eigenvalue weighted by Crippen LogP contribution is -2.54. The van der Waals surface area contributed by atoms with E-state index < -0.39 is 29.9 Å². The van der Waals surface area contributed by atoms with E-state index in [4.69, 9.17) is 4.74 Å². The van der Waals surface area contributed by atoms with E-state index in [1.807, 2.05) is 35.2 Å². The number of carboxylic acids is 1. The van der Waals surface area contributed by atoms with Crippen molar-refractivity contribution in [3.8, 4) is 0 Å². The molecule has 0 bridgehead atoms. The monoisotopic (exact) mass is 462 g/mol. The third-order valence-corrected chi connectivity index (χ3v) is 5.49. The molecule has 2 atom stereocenters. The van der Waals surface area contributed by atoms with Gasteiger partial charge in [0.25, 0.3) is 0 Å². The molecule has 0 aliphatic rings. The van der Waals surface area contributed by atoms with Gasteiger partial charge in [0.1, 0.15) is 6.04 Å². The number of rotatable bonds is 12. The van der Waals surface area contributed by atoms with Crippen molar-refractivity contribution >= 4 is 17.8 Å². The first-order valence-electron chi connectivity index (χ1n) is 11.6. The highest BCUT2D eigenvalue weighted by atomic mass is 16.5. The number of ether oxygens (including phenoxy) is 1. The zero-order chi connectivity index (χ0) is 25.2. The Balaban J connectivity index is 3.14. The summed E-state index contributed by atoms with van der Waals surface area (Å²) in [5.74, 6) is -2.08. The van der Waals surface area contributed by atoms with Crippen molar-refractivity contribution in [1.29, 1.82) is 0 Å². The summed E-state index contributed by atoms with van der Waals surface area (Å²) in [6.07, 6.45) is 1.55. The molecule has 1 rings (SSSR count). The number of carboxylic acid groups (broad SMARTS) is 1. The first-order chi connectivity index (χ1) is 15.2. The summed E-state index contributed by atoms with van der Waals surface area (Å²) in [5.41, 5.74) is 0.943. The predicted octanol–water partition coefficient (Wildman–Crippen LogP) is 3.90. The highest BCUT2D eigenvalue weighted by Crippen LogP contribution is 2.24. The van der Waals surface area contributed by atoms with E-state index in [1.54, 1.807) is 0 Å². The molecule has 0 heterocycles. The summed E-state index contributed by atoms with van der Waals surface area (Å²) in [7, 11) is 1.28. The summed E-state index contributed by atoms with van der Waals surface area (Å²) < 4.78 is 4.91. The Kier molecular flexibility index (Phi) is 11.0. The molecule has 7 heteroatoms. The topological polar surface area (TPSA) is 95.9 Å². The van der Waals surface area contributed by atoms with Crippen molar-refractivity contribution in [2.75, 3.05) is 20.2 Å². The van der Waals surface area contributed by atoms with Crippen LogP contribution in [0.4, 0.5) is 0 Å². The summed E-state index contributed by atoms with van der Waals surface area (Å²) in [6.45, 7) is 13.9. The zero-order valence-electron chi connectivity index (χ0n) is 21.3. The fourth-order valence-electron chi connectivity index (χ4n) is 3.39. The number of benzene rings is 1. The number of methoxy groups -OCH3 is 1. The number of hydrogen-bond donors (Lipinski definition) is 2. The van der Waals surface area contributed by atoms with Gasteiger partial charge in [-0.05, 0) is 42.3 Å². The number of nitrogens with one attached hydrogen (secondary N) is 1. The van der Waals surface area contributed by atoms with E-state index in [2.05, 4.69) is 46.9 Å². The van der Waals surface area contributed by atoms with E-state index in [0.29, 0.717) is 13.1 Å². The molecule has 1 amide bonds. The summed E-state index contributed by atoms with van der Waals surface area (Å²) >= 11 is 0. The van der Waals surface area contributed by atoms with Crippen LogP contribution in [0.5, 0.6) is 0 Å². The van der Waals surface area contributed by atoms with Crippen LogP contribution in [-0.4, -0.2) is 60.1 Å². The van der Waals surface area contributed by atoms with Crippen LogP contribution >= 0.6 is 0 Å². The van der Waals surface area contributed by atoms with Crippen molar-refractivity contribution in [1.82, 2.24) is 10.2 Å². The molecule has 33 heavy (non-hydrogen) atoms. The lowest BCUT2D eigenvalue weighted by molar-refractivity contribution is -0.146. The van der Waals surface area contributed by atoms with Crippen molar-refractivity contribution < 1.29 is 24.2 Å². The molecule has 7 nitrogen and oxygen atoms in total. The minimum atomic E-state index is -1.05. The van der Waals surface area contributed by atoms with E-state index in [1.165, 1.54) is 7.11 Å². The third kappa shape index (κ3) is 11.9. The molecule has 0 radical (unpaired) electrons. The third-order valence-electron chi connectivity index (χ3n) is 5.49. The van der Waals surface area contributed by atoms with Crippen molar-refractivity contribution in [3.63, 3.8) is 0 Å². The average Bonchev–Trinajstić information content (AvgIpc) is 2.70. The Morgan fingerprint density at radius 2 is 1.48 bits per heavy atom. The van der Waals surface area contributed by atoms with Crippen LogP contribution in [0.25, 0.3) is 0 Å². The van der Waals surface area contributed by atoms with E-state index in [9.17, 15) is 19.5 Å². The van der Waals surface area contributed by atoms with Gasteiger partial charge < -0.3 is 15.2 Å². The van der Waals surface area contributed by atoms with Gasteiger partial charge in [0.15, 0.2) is 0 Å². The number of esters is 1. The summed E-state index contributed by atoms with van der Waals surface area (Å²) in [5, 5.41) is 12.3. The lowest BCUT2D eigenvalue weighted by Gasteiger charge is -2.34. The fraction of sp³-hybridized carbons (Fsp3) is 0.654. The Labute approximate surface area is 198 Å². The second-order valence-electron chi connectivity index (χ2n) is 11.0. The van der Waals surface area contributed by atoms with Crippen LogP contribution in [0, 0.1) is 10.8 Å². The van der Waals surface area contributed by atoms with E-state index >= 15 is 0 Å². The molecule has 186 valence electrons. The molecule has 0 saturated carbocycles. The second kappa shape index (κ2) is 12.7. The molecule has 2 N–H and O–H groups in total. The number of amides is 1. The SMILES string of the molecule is COC(=O)C(Cc1ccccc1)NC(=O)C(CC(=O)O)N(CCC(C)(C)C)CCC(C)(C)C. The molecule has 0 fully saturated rings. The lowest BCUT2D eigenvalue weighted by atomic mass is 9.90. The van der Waals surface area contributed by atoms with Gasteiger partial charge >= 0.3 is 11.9 Å². The molecule has 0 saturated heterocycles. The van der Waals surface area contributed by atoms with Crippen molar-refractivity contribution in [3.05, 3.63) is 35.9 Å². The van der Waals surface area contributed by atoms with Gasteiger partial charge in [-0.2, -0.15) is 0 Å². The fourth-order valence-corrected chi connectivity index (χ4v) is 3.39. The molecule has 1 aromatic rings. The molecule has 0 aliphatic heterocycles. The van der Waals surface area contributed by atoms with Gasteiger partial charge in [-0.1, -0.05) is 71.9 Å². The van der Waals surface area contributed by atoms with Gasteiger partial charge in [-0.3, -0.25) is 14.5 Å². The average molecular weight is 463 g/mol. The number of carbonyl (C=O) groups excluding carboxylic acids is 2. The molecule has 0 aliphatic carbocycles. The number of aliphatic carboxylic acids is 1. The minimum absolute atomic E-state index is 0.0338. The van der Waals surface area contributed by atoms with Crippen LogP contribution in [0.1, 0.15) is 66.4 Å². The Bertz CT molecular complexity index is 747. The van der Waals surface area contributed by atoms with Crippen LogP contribution < -0.4 is 5.32 Å². The largest absolute Gasteiger partial charge is 0.481 e. The quantitative estimate of drug-likeness (QED) is 0.457. The highest BCUT2D eigenvalue weighted by molar-refractivity contribution is 5.90. The maximum absolute atomic E-state index is 13.4. The molecular formula is C26H42N2O5. The Morgan fingerprint density at radius 1 is 0.970 bits per heavy atom. The number of carbonyl (C=O) groups is 3. The Hall–Kier alpha value is -2.41. The van der Waals surface area contributed by atoms with Gasteiger partial charge in [0.05, 0.1) is 19.6 Å². The minimum Gasteiger partial charge on any atom is -0.481 e. The van der Waals surface area contributed by atoms with Gasteiger partial charge in [0.2, 0.25) is 5.91 Å². The number of nitrogens with zero attached hydrogens (tertiary/aromatic N) is 1. The Morgan fingerprint density at radius 3 is 1.91 bits per heavy atom. The maximum Gasteiger partial charge on any atom is 0.328 e. The van der Waals surface area contributed by atoms with Crippen LogP contribution in [-0.2, 0) is 25.5 Å². The van der Waals surface area contributed by atoms with Crippen LogP contribution in [0.15, 0.2) is 30.3 Å². The summed E-state index contributed by atoms with van der Waals surface area (Å²) in [6, 6.07) is 7.56. The number of hydrogen-bond acceptors (Lipinski definition) is 5. The van der Waals surface area contributed by atoms with Crippen LogP contribution in [0.3, 0.4) is 0 Å². The van der Waals surface area contributed by atoms with Gasteiger partial charge in [0, 0.05) is 6.42 Å². The van der Waals surface area contributed by atoms with Crippen molar-refractivity contribution in [2.45, 2.75) is 79.3 Å². The molecule has 2 unspecified atom stereocenters. The predicted molar refractivity (Wildman–Crippen MR) is 130 cm³/mol. The standard InChI is InChI=1S/C26H42N2O5/c1-25(2,3)13-15-28(16-14-26(4,5)6)21(18-22(29)30)23(31)27-20(24(32)33-7)17-19-11-9-8-10-12-19/h8-12,20-21H,13-18H2,1-7H3,(H,27,31)(H,29,30). The maximum atomic E-state index is 13.4. The molecular weight excluding hydrogens is 420 g/mol. The first-order valence-corrected chi connectivity index (χ1v) is 11.6. The molecule has 0 aromatic heterocycles. The summed E-state index contributed by atoms with van der Waals surface area (Å²) in [4.78, 5) is 39.4. The highest BCUT2D eigenvalue weighted by Gasteiger charge is 2.33.